The summed E-state index contributed by atoms with van der Waals surface area (Å²) >= 11 is 0. The van der Waals surface area contributed by atoms with Gasteiger partial charge in [0.15, 0.2) is 0 Å². The van der Waals surface area contributed by atoms with Crippen LogP contribution in [-0.4, -0.2) is 41.8 Å². The lowest BCUT2D eigenvalue weighted by atomic mass is 9.98. The largest absolute Gasteiger partial charge is 0.481 e. The summed E-state index contributed by atoms with van der Waals surface area (Å²) in [5.41, 5.74) is 3.97. The number of rotatable bonds is 9. The molecule has 0 aliphatic heterocycles. The lowest BCUT2D eigenvalue weighted by Gasteiger charge is -2.26. The molecule has 7 nitrogen and oxygen atoms in total. The van der Waals surface area contributed by atoms with Crippen LogP contribution in [0.1, 0.15) is 50.7 Å². The summed E-state index contributed by atoms with van der Waals surface area (Å²) < 4.78 is 5.57. The number of benzene rings is 2. The summed E-state index contributed by atoms with van der Waals surface area (Å²) in [5.74, 6) is -1.87. The molecule has 0 saturated carbocycles. The Morgan fingerprint density at radius 3 is 2.16 bits per heavy atom. The number of carboxylic acids is 1. The van der Waals surface area contributed by atoms with E-state index >= 15 is 0 Å². The number of nitrogens with one attached hydrogen (secondary N) is 2. The molecule has 0 aromatic heterocycles. The number of carbonyl (C=O) groups excluding carboxylic acids is 2. The van der Waals surface area contributed by atoms with Crippen molar-refractivity contribution >= 4 is 18.0 Å². The molecule has 7 heteroatoms. The second-order valence-electron chi connectivity index (χ2n) is 8.88. The van der Waals surface area contributed by atoms with Crippen LogP contribution in [0.4, 0.5) is 4.79 Å². The third kappa shape index (κ3) is 5.66. The molecular formula is C25H30N2O5. The van der Waals surface area contributed by atoms with Crippen molar-refractivity contribution in [2.75, 3.05) is 13.2 Å². The minimum Gasteiger partial charge on any atom is -0.481 e. The van der Waals surface area contributed by atoms with Gasteiger partial charge in [0.05, 0.1) is 5.92 Å². The number of fused-ring (bicyclic) bond motifs is 3. The molecule has 3 N–H and O–H groups in total. The minimum atomic E-state index is -0.956. The van der Waals surface area contributed by atoms with Gasteiger partial charge >= 0.3 is 12.1 Å². The fraction of sp³-hybridized carbons (Fsp3) is 0.400. The van der Waals surface area contributed by atoms with Crippen molar-refractivity contribution in [1.82, 2.24) is 10.6 Å². The molecule has 0 radical (unpaired) electrons. The van der Waals surface area contributed by atoms with Crippen LogP contribution in [0.3, 0.4) is 0 Å². The zero-order valence-electron chi connectivity index (χ0n) is 18.7. The molecule has 0 bridgehead atoms. The number of alkyl carbamates (subject to hydrolysis) is 1. The van der Waals surface area contributed by atoms with Crippen molar-refractivity contribution in [2.45, 2.75) is 45.1 Å². The number of carbonyl (C=O) groups is 3. The maximum absolute atomic E-state index is 12.5. The van der Waals surface area contributed by atoms with Crippen LogP contribution in [0.5, 0.6) is 0 Å². The second kappa shape index (κ2) is 9.85. The van der Waals surface area contributed by atoms with Crippen molar-refractivity contribution in [2.24, 2.45) is 5.92 Å². The standard InChI is InChI=1S/C25H30N2O5/c1-16(23(29)30)14-26-22(28)12-13-25(2,3)27-24(31)32-15-21-19-10-6-4-8-17(19)18-9-5-7-11-20(18)21/h4-11,16,21H,12-15H2,1-3H3,(H,26,28)(H,27,31)(H,29,30). The fourth-order valence-electron chi connectivity index (χ4n) is 3.84. The first-order chi connectivity index (χ1) is 15.2. The SMILES string of the molecule is CC(CNC(=O)CCC(C)(C)NC(=O)OCC1c2ccccc2-c2ccccc21)C(=O)O. The summed E-state index contributed by atoms with van der Waals surface area (Å²) in [7, 11) is 0. The number of carboxylic acid groups (broad SMARTS) is 1. The molecule has 1 unspecified atom stereocenters. The number of hydrogen-bond donors (Lipinski definition) is 3. The monoisotopic (exact) mass is 438 g/mol. The van der Waals surface area contributed by atoms with Gasteiger partial charge in [0.2, 0.25) is 5.91 Å². The van der Waals surface area contributed by atoms with Crippen LogP contribution >= 0.6 is 0 Å². The van der Waals surface area contributed by atoms with Crippen molar-refractivity contribution in [3.63, 3.8) is 0 Å². The molecule has 32 heavy (non-hydrogen) atoms. The maximum atomic E-state index is 12.5. The fourth-order valence-corrected chi connectivity index (χ4v) is 3.84. The smallest absolute Gasteiger partial charge is 0.407 e. The Labute approximate surface area is 188 Å². The van der Waals surface area contributed by atoms with Crippen molar-refractivity contribution < 1.29 is 24.2 Å². The van der Waals surface area contributed by atoms with E-state index in [-0.39, 0.29) is 31.4 Å². The molecule has 1 aliphatic rings. The summed E-state index contributed by atoms with van der Waals surface area (Å²) in [4.78, 5) is 35.3. The van der Waals surface area contributed by atoms with E-state index in [9.17, 15) is 14.4 Å². The first-order valence-electron chi connectivity index (χ1n) is 10.8. The predicted octanol–water partition coefficient (Wildman–Crippen LogP) is 3.92. The zero-order valence-corrected chi connectivity index (χ0v) is 18.7. The Kier molecular flexibility index (Phi) is 7.18. The number of amides is 2. The topological polar surface area (TPSA) is 105 Å². The van der Waals surface area contributed by atoms with E-state index in [0.29, 0.717) is 6.42 Å². The van der Waals surface area contributed by atoms with Gasteiger partial charge in [-0.1, -0.05) is 55.5 Å². The van der Waals surface area contributed by atoms with Gasteiger partial charge in [-0.3, -0.25) is 9.59 Å². The van der Waals surface area contributed by atoms with Crippen molar-refractivity contribution in [3.05, 3.63) is 59.7 Å². The van der Waals surface area contributed by atoms with Crippen LogP contribution < -0.4 is 10.6 Å². The molecule has 1 atom stereocenters. The highest BCUT2D eigenvalue weighted by molar-refractivity contribution is 5.79. The van der Waals surface area contributed by atoms with Gasteiger partial charge < -0.3 is 20.5 Å². The van der Waals surface area contributed by atoms with Crippen LogP contribution in [0.2, 0.25) is 0 Å². The Bertz CT molecular complexity index is 956. The highest BCUT2D eigenvalue weighted by atomic mass is 16.5. The third-order valence-electron chi connectivity index (χ3n) is 5.79. The Morgan fingerprint density at radius 1 is 1.03 bits per heavy atom. The quantitative estimate of drug-likeness (QED) is 0.550. The number of aliphatic carboxylic acids is 1. The lowest BCUT2D eigenvalue weighted by Crippen LogP contribution is -2.45. The summed E-state index contributed by atoms with van der Waals surface area (Å²) in [6, 6.07) is 16.3. The molecule has 0 fully saturated rings. The van der Waals surface area contributed by atoms with Gasteiger partial charge in [-0.25, -0.2) is 4.79 Å². The molecule has 0 saturated heterocycles. The molecular weight excluding hydrogens is 408 g/mol. The molecule has 1 aliphatic carbocycles. The van der Waals surface area contributed by atoms with E-state index in [4.69, 9.17) is 9.84 Å². The molecule has 2 amide bonds. The maximum Gasteiger partial charge on any atom is 0.407 e. The van der Waals surface area contributed by atoms with Gasteiger partial charge in [0.1, 0.15) is 6.61 Å². The van der Waals surface area contributed by atoms with Gasteiger partial charge in [-0.15, -0.1) is 0 Å². The van der Waals surface area contributed by atoms with E-state index in [1.807, 2.05) is 38.1 Å². The first kappa shape index (κ1) is 23.3. The normalized spacial score (nSPS) is 13.6. The molecule has 0 spiro atoms. The zero-order chi connectivity index (χ0) is 23.3. The van der Waals surface area contributed by atoms with Gasteiger partial charge in [-0.2, -0.15) is 0 Å². The molecule has 0 heterocycles. The van der Waals surface area contributed by atoms with Crippen LogP contribution in [0.15, 0.2) is 48.5 Å². The highest BCUT2D eigenvalue weighted by Crippen LogP contribution is 2.44. The lowest BCUT2D eigenvalue weighted by molar-refractivity contribution is -0.141. The van der Waals surface area contributed by atoms with Crippen molar-refractivity contribution in [1.29, 1.82) is 0 Å². The average molecular weight is 439 g/mol. The van der Waals surface area contributed by atoms with Crippen LogP contribution in [-0.2, 0) is 14.3 Å². The number of hydrogen-bond acceptors (Lipinski definition) is 4. The van der Waals surface area contributed by atoms with Crippen LogP contribution in [0.25, 0.3) is 11.1 Å². The molecule has 2 aromatic carbocycles. The van der Waals surface area contributed by atoms with E-state index < -0.39 is 23.5 Å². The Balaban J connectivity index is 1.50. The predicted molar refractivity (Wildman–Crippen MR) is 121 cm³/mol. The Hall–Kier alpha value is -3.35. The Morgan fingerprint density at radius 2 is 1.59 bits per heavy atom. The summed E-state index contributed by atoms with van der Waals surface area (Å²) in [5, 5.41) is 14.3. The average Bonchev–Trinajstić information content (AvgIpc) is 3.08. The molecule has 3 rings (SSSR count). The molecule has 170 valence electrons. The number of ether oxygens (including phenoxy) is 1. The van der Waals surface area contributed by atoms with Crippen LogP contribution in [0, 0.1) is 5.92 Å². The van der Waals surface area contributed by atoms with E-state index in [0.717, 1.165) is 11.1 Å². The van der Waals surface area contributed by atoms with E-state index in [1.54, 1.807) is 0 Å². The minimum absolute atomic E-state index is 0.0155. The summed E-state index contributed by atoms with van der Waals surface area (Å²) in [6.45, 7) is 5.48. The third-order valence-corrected chi connectivity index (χ3v) is 5.79. The second-order valence-corrected chi connectivity index (χ2v) is 8.88. The highest BCUT2D eigenvalue weighted by Gasteiger charge is 2.30. The van der Waals surface area contributed by atoms with Gasteiger partial charge in [0.25, 0.3) is 0 Å². The van der Waals surface area contributed by atoms with E-state index in [2.05, 4.69) is 34.9 Å². The molecule has 2 aromatic rings. The first-order valence-corrected chi connectivity index (χ1v) is 10.8. The van der Waals surface area contributed by atoms with Gasteiger partial charge in [0, 0.05) is 24.4 Å². The van der Waals surface area contributed by atoms with Crippen molar-refractivity contribution in [3.8, 4) is 11.1 Å². The summed E-state index contributed by atoms with van der Waals surface area (Å²) in [6.07, 6.45) is 0.0322. The van der Waals surface area contributed by atoms with E-state index in [1.165, 1.54) is 18.1 Å². The van der Waals surface area contributed by atoms with Gasteiger partial charge in [-0.05, 0) is 42.5 Å².